The molecule has 52 heavy (non-hydrogen) atoms. The van der Waals surface area contributed by atoms with Crippen LogP contribution in [0.25, 0.3) is 24.3 Å². The van der Waals surface area contributed by atoms with E-state index in [2.05, 4.69) is 0 Å². The summed E-state index contributed by atoms with van der Waals surface area (Å²) in [5, 5.41) is 0.355. The first kappa shape index (κ1) is 49.2. The number of benzene rings is 2. The number of carbonyl (C=O) groups is 4. The van der Waals surface area contributed by atoms with Crippen LogP contribution in [-0.2, 0) is 40.5 Å². The number of hydrogen-bond donors (Lipinski definition) is 0. The van der Waals surface area contributed by atoms with Crippen LogP contribution in [0.1, 0.15) is 41.4 Å². The van der Waals surface area contributed by atoms with Crippen LogP contribution in [0.15, 0.2) is 68.2 Å². The average molecular weight is 825 g/mol. The zero-order chi connectivity index (χ0) is 35.7. The van der Waals surface area contributed by atoms with E-state index < -0.39 is 83.2 Å². The Balaban J connectivity index is 0.000000483. The number of ketones is 4. The minimum absolute atomic E-state index is 0. The van der Waals surface area contributed by atoms with Crippen LogP contribution in [0.4, 0.5) is 0 Å². The fourth-order valence-corrected chi connectivity index (χ4v) is 8.68. The number of Topliss-reactive ketones (excluding diaryl/α,β-unsaturated/α-hetero) is 2. The van der Waals surface area contributed by atoms with Gasteiger partial charge in [-0.25, -0.2) is 33.7 Å². The van der Waals surface area contributed by atoms with Gasteiger partial charge in [0.2, 0.25) is 11.6 Å². The summed E-state index contributed by atoms with van der Waals surface area (Å²) >= 11 is 0. The Morgan fingerprint density at radius 3 is 0.962 bits per heavy atom. The van der Waals surface area contributed by atoms with Crippen LogP contribution in [0, 0.1) is 0 Å². The maximum Gasteiger partial charge on any atom is 1.00 e. The quantitative estimate of drug-likeness (QED) is 0.204. The van der Waals surface area contributed by atoms with Gasteiger partial charge in [0.1, 0.15) is 50.3 Å². The molecule has 4 aliphatic rings. The van der Waals surface area contributed by atoms with Crippen LogP contribution < -0.4 is 139 Å². The monoisotopic (exact) mass is 824 g/mol. The minimum atomic E-state index is -5.50. The Bertz CT molecular complexity index is 2640. The summed E-state index contributed by atoms with van der Waals surface area (Å²) < 4.78 is 135. The number of carbonyl (C=O) groups excluding carboxylic acids is 4. The maximum absolute atomic E-state index is 12.3. The van der Waals surface area contributed by atoms with E-state index in [4.69, 9.17) is 0 Å². The molecule has 0 radical (unpaired) electrons. The Labute approximate surface area is 383 Å². The molecular weight excluding hydrogens is 813 g/mol. The zero-order valence-corrected chi connectivity index (χ0v) is 38.4. The first-order valence-electron chi connectivity index (χ1n) is 12.6. The molecule has 2 aromatic carbocycles. The molecule has 0 bridgehead atoms. The van der Waals surface area contributed by atoms with Crippen molar-refractivity contribution < 1.29 is 189 Å². The summed E-state index contributed by atoms with van der Waals surface area (Å²) in [6.07, 6.45) is 9.54. The molecule has 0 aliphatic heterocycles. The van der Waals surface area contributed by atoms with Gasteiger partial charge in [0, 0.05) is 22.3 Å². The Hall–Kier alpha value is -0.800. The van der Waals surface area contributed by atoms with E-state index in [1.165, 1.54) is 60.7 Å². The largest absolute Gasteiger partial charge is 1.00 e. The van der Waals surface area contributed by atoms with Crippen LogP contribution in [0.5, 0.6) is 0 Å². The van der Waals surface area contributed by atoms with Crippen molar-refractivity contribution in [3.63, 3.8) is 0 Å². The summed E-state index contributed by atoms with van der Waals surface area (Å²) in [7, 11) is -21.8. The Morgan fingerprint density at radius 1 is 0.404 bits per heavy atom. The van der Waals surface area contributed by atoms with E-state index in [1.807, 2.05) is 0 Å². The number of rotatable bonds is 4. The molecule has 2 aromatic rings. The van der Waals surface area contributed by atoms with Crippen molar-refractivity contribution in [1.29, 1.82) is 0 Å². The molecule has 0 atom stereocenters. The molecule has 4 aliphatic carbocycles. The summed E-state index contributed by atoms with van der Waals surface area (Å²) in [5.74, 6) is -3.60. The summed E-state index contributed by atoms with van der Waals surface area (Å²) in [5.41, 5.74) is -0.266. The van der Waals surface area contributed by atoms with Crippen LogP contribution in [-0.4, -0.2) is 75.0 Å². The van der Waals surface area contributed by atoms with Crippen molar-refractivity contribution in [3.05, 3.63) is 111 Å². The molecule has 24 heteroatoms. The second-order valence-corrected chi connectivity index (χ2v) is 15.3. The number of fused-ring (bicyclic) bond motifs is 4. The van der Waals surface area contributed by atoms with Gasteiger partial charge in [0.15, 0.2) is 11.6 Å². The molecule has 0 aromatic heterocycles. The van der Waals surface area contributed by atoms with Crippen LogP contribution in [0.2, 0.25) is 0 Å². The third-order valence-corrected chi connectivity index (χ3v) is 10.8. The van der Waals surface area contributed by atoms with E-state index in [0.29, 0.717) is 22.6 Å². The van der Waals surface area contributed by atoms with Crippen molar-refractivity contribution in [2.45, 2.75) is 0 Å². The summed E-state index contributed by atoms with van der Waals surface area (Å²) in [6.45, 7) is 0. The van der Waals surface area contributed by atoms with Gasteiger partial charge < -0.3 is 18.2 Å². The summed E-state index contributed by atoms with van der Waals surface area (Å²) in [4.78, 5) is 42.2. The number of hydrogen-bond acceptors (Lipinski definition) is 16. The van der Waals surface area contributed by atoms with Gasteiger partial charge in [0.05, 0.1) is 9.81 Å². The fourth-order valence-electron chi connectivity index (χ4n) is 4.99. The van der Waals surface area contributed by atoms with E-state index in [0.717, 1.165) is 0 Å². The van der Waals surface area contributed by atoms with Crippen molar-refractivity contribution in [2.24, 2.45) is 0 Å². The topological polar surface area (TPSA) is 297 Å². The van der Waals surface area contributed by atoms with Gasteiger partial charge in [-0.3, -0.25) is 19.2 Å². The normalized spacial score (nSPS) is 15.8. The molecule has 248 valence electrons. The first-order chi connectivity index (χ1) is 22.0. The van der Waals surface area contributed by atoms with Gasteiger partial charge in [-0.2, -0.15) is 0 Å². The molecule has 0 fully saturated rings. The SMILES string of the molecule is O=C1C=CC=c2cc3c(cc21)=CC(S(=O)(=O)[O-])=C(S(=O)(=O)[O-])C3=O.O=C1C=CC=c2cc3c(cc21)=CC(S(=O)(=O)[O-])=C(S(=O)(=O)[O-])C3=O.[Na+].[Na+].[Na+].[Na+]. The van der Waals surface area contributed by atoms with Crippen molar-refractivity contribution in [3.8, 4) is 0 Å². The zero-order valence-electron chi connectivity index (χ0n) is 27.1. The smallest absolute Gasteiger partial charge is 0.744 e. The molecule has 0 heterocycles. The summed E-state index contributed by atoms with van der Waals surface area (Å²) in [6, 6.07) is 4.68. The predicted octanol–water partition coefficient (Wildman–Crippen LogP) is -15.0. The molecule has 0 unspecified atom stereocenters. The van der Waals surface area contributed by atoms with Gasteiger partial charge in [-0.05, 0) is 69.4 Å². The molecule has 6 rings (SSSR count). The van der Waals surface area contributed by atoms with Gasteiger partial charge in [-0.15, -0.1) is 0 Å². The van der Waals surface area contributed by atoms with Crippen molar-refractivity contribution in [1.82, 2.24) is 0 Å². The second kappa shape index (κ2) is 17.6. The molecule has 0 saturated carbocycles. The second-order valence-electron chi connectivity index (χ2n) is 9.98. The molecular formula is C28H12Na4O16S4. The van der Waals surface area contributed by atoms with Gasteiger partial charge in [-0.1, -0.05) is 24.3 Å². The maximum atomic E-state index is 12.3. The first-order valence-corrected chi connectivity index (χ1v) is 18.2. The van der Waals surface area contributed by atoms with Crippen molar-refractivity contribution in [2.75, 3.05) is 0 Å². The Morgan fingerprint density at radius 2 is 0.692 bits per heavy atom. The molecule has 0 N–H and O–H groups in total. The molecule has 0 amide bonds. The van der Waals surface area contributed by atoms with E-state index in [9.17, 15) is 71.1 Å². The fraction of sp³-hybridized carbons (Fsp3) is 0. The standard InChI is InChI=1S/2C14H8O8S2.4Na/c2*15-11-3-1-2-7-4-10-8(5-9(7)11)6-12(23(17,18)19)14(13(10)16)24(20,21)22;;;;/h2*1-6H,(H,17,18,19)(H,20,21,22);;;;/q;;4*+1/p-4. The molecule has 0 saturated heterocycles. The van der Waals surface area contributed by atoms with E-state index in [1.54, 1.807) is 0 Å². The predicted molar refractivity (Wildman–Crippen MR) is 158 cm³/mol. The van der Waals surface area contributed by atoms with Gasteiger partial charge >= 0.3 is 118 Å². The van der Waals surface area contributed by atoms with Crippen LogP contribution >= 0.6 is 0 Å². The third-order valence-electron chi connectivity index (χ3n) is 6.98. The van der Waals surface area contributed by atoms with Gasteiger partial charge in [0.25, 0.3) is 0 Å². The van der Waals surface area contributed by atoms with Crippen LogP contribution in [0.3, 0.4) is 0 Å². The molecule has 16 nitrogen and oxygen atoms in total. The average Bonchev–Trinajstić information content (AvgIpc) is 2.94. The van der Waals surface area contributed by atoms with Crippen molar-refractivity contribution >= 4 is 87.9 Å². The molecule has 0 spiro atoms. The van der Waals surface area contributed by atoms with E-state index >= 15 is 0 Å². The third kappa shape index (κ3) is 9.95. The van der Waals surface area contributed by atoms with E-state index in [-0.39, 0.29) is 151 Å². The number of allylic oxidation sites excluding steroid dienone is 8. The Kier molecular flexibility index (Phi) is 16.6. The minimum Gasteiger partial charge on any atom is -0.744 e.